The molecule has 0 spiro atoms. The molecule has 0 aromatic carbocycles. The smallest absolute Gasteiger partial charge is 0.222 e. The number of carbonyl (C=O) groups excluding carboxylic acids is 2. The van der Waals surface area contributed by atoms with Crippen LogP contribution in [-0.4, -0.2) is 24.3 Å². The number of rotatable bonds is 7. The third kappa shape index (κ3) is 6.23. The van der Waals surface area contributed by atoms with Crippen LogP contribution in [0.1, 0.15) is 40.0 Å². The van der Waals surface area contributed by atoms with Gasteiger partial charge in [0.15, 0.2) is 5.78 Å². The molecule has 3 N–H and O–H groups in total. The van der Waals surface area contributed by atoms with Crippen LogP contribution >= 0.6 is 0 Å². The molecule has 0 aliphatic heterocycles. The van der Waals surface area contributed by atoms with Gasteiger partial charge in [-0.05, 0) is 6.42 Å². The fourth-order valence-corrected chi connectivity index (χ4v) is 1.21. The first-order valence-electron chi connectivity index (χ1n) is 5.55. The van der Waals surface area contributed by atoms with E-state index in [1.54, 1.807) is 13.8 Å². The van der Waals surface area contributed by atoms with Crippen LogP contribution in [0.2, 0.25) is 0 Å². The lowest BCUT2D eigenvalue weighted by molar-refractivity contribution is -0.128. The summed E-state index contributed by atoms with van der Waals surface area (Å²) < 4.78 is 0. The number of carbonyl (C=O) groups is 2. The molecule has 0 aliphatic carbocycles. The van der Waals surface area contributed by atoms with Crippen LogP contribution < -0.4 is 11.1 Å². The van der Waals surface area contributed by atoms with Crippen LogP contribution in [0.15, 0.2) is 0 Å². The molecule has 1 atom stereocenters. The van der Waals surface area contributed by atoms with Gasteiger partial charge in [-0.1, -0.05) is 27.2 Å². The van der Waals surface area contributed by atoms with Crippen LogP contribution in [0.4, 0.5) is 0 Å². The van der Waals surface area contributed by atoms with Crippen LogP contribution in [0.3, 0.4) is 0 Å². The minimum atomic E-state index is -0.661. The Morgan fingerprint density at radius 1 is 1.33 bits per heavy atom. The average Bonchev–Trinajstić information content (AvgIpc) is 2.16. The maximum absolute atomic E-state index is 11.4. The highest BCUT2D eigenvalue weighted by Crippen LogP contribution is 2.01. The number of hydrogen-bond donors (Lipinski definition) is 2. The molecule has 1 amide bonds. The third-order valence-electron chi connectivity index (χ3n) is 2.19. The Balaban J connectivity index is 3.81. The molecule has 0 aliphatic rings. The maximum Gasteiger partial charge on any atom is 0.222 e. The Morgan fingerprint density at radius 3 is 2.40 bits per heavy atom. The number of Topliss-reactive ketones (excluding diaryl/α,β-unsaturated/α-hetero) is 1. The van der Waals surface area contributed by atoms with E-state index in [4.69, 9.17) is 5.73 Å². The van der Waals surface area contributed by atoms with Crippen molar-refractivity contribution in [3.05, 3.63) is 0 Å². The second-order valence-corrected chi connectivity index (χ2v) is 4.07. The third-order valence-corrected chi connectivity index (χ3v) is 2.19. The van der Waals surface area contributed by atoms with Gasteiger partial charge in [-0.2, -0.15) is 0 Å². The summed E-state index contributed by atoms with van der Waals surface area (Å²) in [6.45, 7) is 6.30. The lowest BCUT2D eigenvalue weighted by atomic mass is 10.00. The van der Waals surface area contributed by atoms with Gasteiger partial charge in [-0.25, -0.2) is 0 Å². The number of nitrogens with one attached hydrogen (secondary N) is 1. The van der Waals surface area contributed by atoms with Gasteiger partial charge in [0.2, 0.25) is 5.91 Å². The SMILES string of the molecule is CCCCNC(=O)CC(N)C(=O)C(C)C. The molecule has 0 aromatic heterocycles. The van der Waals surface area contributed by atoms with E-state index in [0.29, 0.717) is 6.54 Å². The second kappa shape index (κ2) is 7.40. The predicted octanol–water partition coefficient (Wildman–Crippen LogP) is 0.845. The Kier molecular flexibility index (Phi) is 6.96. The van der Waals surface area contributed by atoms with Gasteiger partial charge in [0.25, 0.3) is 0 Å². The van der Waals surface area contributed by atoms with E-state index in [2.05, 4.69) is 12.2 Å². The number of ketones is 1. The van der Waals surface area contributed by atoms with E-state index >= 15 is 0 Å². The molecule has 0 heterocycles. The molecule has 0 rings (SSSR count). The molecule has 15 heavy (non-hydrogen) atoms. The summed E-state index contributed by atoms with van der Waals surface area (Å²) in [5.74, 6) is -0.297. The van der Waals surface area contributed by atoms with Gasteiger partial charge < -0.3 is 11.1 Å². The first-order chi connectivity index (χ1) is 6.99. The number of hydrogen-bond acceptors (Lipinski definition) is 3. The van der Waals surface area contributed by atoms with E-state index in [0.717, 1.165) is 12.8 Å². The summed E-state index contributed by atoms with van der Waals surface area (Å²) in [5, 5.41) is 2.74. The van der Waals surface area contributed by atoms with Crippen LogP contribution in [0.5, 0.6) is 0 Å². The lowest BCUT2D eigenvalue weighted by Gasteiger charge is -2.12. The van der Waals surface area contributed by atoms with Gasteiger partial charge >= 0.3 is 0 Å². The van der Waals surface area contributed by atoms with Crippen LogP contribution in [0.25, 0.3) is 0 Å². The van der Waals surface area contributed by atoms with E-state index in [1.165, 1.54) is 0 Å². The van der Waals surface area contributed by atoms with Gasteiger partial charge in [0, 0.05) is 18.9 Å². The van der Waals surface area contributed by atoms with Crippen molar-refractivity contribution in [3.8, 4) is 0 Å². The molecule has 0 aromatic rings. The summed E-state index contributed by atoms with van der Waals surface area (Å²) in [6, 6.07) is -0.661. The molecule has 4 heteroatoms. The van der Waals surface area contributed by atoms with Gasteiger partial charge in [0.05, 0.1) is 6.04 Å². The van der Waals surface area contributed by atoms with E-state index in [1.807, 2.05) is 0 Å². The van der Waals surface area contributed by atoms with Crippen molar-refractivity contribution in [1.82, 2.24) is 5.32 Å². The molecular formula is C11H22N2O2. The quantitative estimate of drug-likeness (QED) is 0.617. The molecule has 1 unspecified atom stereocenters. The molecule has 4 nitrogen and oxygen atoms in total. The van der Waals surface area contributed by atoms with Crippen molar-refractivity contribution >= 4 is 11.7 Å². The predicted molar refractivity (Wildman–Crippen MR) is 60.4 cm³/mol. The van der Waals surface area contributed by atoms with Crippen LogP contribution in [-0.2, 0) is 9.59 Å². The van der Waals surface area contributed by atoms with E-state index < -0.39 is 6.04 Å². The number of nitrogens with two attached hydrogens (primary N) is 1. The molecule has 0 fully saturated rings. The molecule has 88 valence electrons. The molecule has 0 saturated carbocycles. The van der Waals surface area contributed by atoms with Crippen molar-refractivity contribution < 1.29 is 9.59 Å². The minimum Gasteiger partial charge on any atom is -0.356 e. The minimum absolute atomic E-state index is 0.0550. The Hall–Kier alpha value is -0.900. The van der Waals surface area contributed by atoms with Gasteiger partial charge in [0.1, 0.15) is 0 Å². The lowest BCUT2D eigenvalue weighted by Crippen LogP contribution is -2.39. The van der Waals surface area contributed by atoms with Crippen molar-refractivity contribution in [2.45, 2.75) is 46.1 Å². The van der Waals surface area contributed by atoms with E-state index in [9.17, 15) is 9.59 Å². The second-order valence-electron chi connectivity index (χ2n) is 4.07. The zero-order chi connectivity index (χ0) is 11.8. The fourth-order valence-electron chi connectivity index (χ4n) is 1.21. The Morgan fingerprint density at radius 2 is 1.93 bits per heavy atom. The zero-order valence-electron chi connectivity index (χ0n) is 9.88. The summed E-state index contributed by atoms with van der Waals surface area (Å²) in [4.78, 5) is 22.7. The van der Waals surface area contributed by atoms with Crippen molar-refractivity contribution in [2.24, 2.45) is 11.7 Å². The van der Waals surface area contributed by atoms with Crippen LogP contribution in [0, 0.1) is 5.92 Å². The molecule has 0 radical (unpaired) electrons. The Labute approximate surface area is 91.6 Å². The topological polar surface area (TPSA) is 72.2 Å². The summed E-state index contributed by atoms with van der Waals surface area (Å²) >= 11 is 0. The maximum atomic E-state index is 11.4. The summed E-state index contributed by atoms with van der Waals surface area (Å²) in [5.41, 5.74) is 5.61. The molecular weight excluding hydrogens is 192 g/mol. The van der Waals surface area contributed by atoms with Crippen molar-refractivity contribution in [1.29, 1.82) is 0 Å². The van der Waals surface area contributed by atoms with E-state index in [-0.39, 0.29) is 24.0 Å². The largest absolute Gasteiger partial charge is 0.356 e. The Bertz CT molecular complexity index is 215. The molecule has 0 bridgehead atoms. The highest BCUT2D eigenvalue weighted by molar-refractivity contribution is 5.90. The van der Waals surface area contributed by atoms with Gasteiger partial charge in [-0.15, -0.1) is 0 Å². The first kappa shape index (κ1) is 14.1. The zero-order valence-corrected chi connectivity index (χ0v) is 9.88. The molecule has 0 saturated heterocycles. The van der Waals surface area contributed by atoms with Gasteiger partial charge in [-0.3, -0.25) is 9.59 Å². The highest BCUT2D eigenvalue weighted by atomic mass is 16.2. The number of amides is 1. The highest BCUT2D eigenvalue weighted by Gasteiger charge is 2.19. The first-order valence-corrected chi connectivity index (χ1v) is 5.55. The summed E-state index contributed by atoms with van der Waals surface area (Å²) in [6.07, 6.45) is 2.09. The standard InChI is InChI=1S/C11H22N2O2/c1-4-5-6-13-10(14)7-9(12)11(15)8(2)3/h8-9H,4-7,12H2,1-3H3,(H,13,14). The summed E-state index contributed by atoms with van der Waals surface area (Å²) in [7, 11) is 0. The van der Waals surface area contributed by atoms with Crippen molar-refractivity contribution in [2.75, 3.05) is 6.54 Å². The number of unbranched alkanes of at least 4 members (excludes halogenated alkanes) is 1. The normalized spacial score (nSPS) is 12.6. The average molecular weight is 214 g/mol. The van der Waals surface area contributed by atoms with Crippen molar-refractivity contribution in [3.63, 3.8) is 0 Å². The fraction of sp³-hybridized carbons (Fsp3) is 0.818. The monoisotopic (exact) mass is 214 g/mol.